The highest BCUT2D eigenvalue weighted by Crippen LogP contribution is 2.16. The average molecular weight is 317 g/mol. The molecule has 1 aromatic heterocycles. The van der Waals surface area contributed by atoms with Gasteiger partial charge in [0, 0.05) is 12.6 Å². The van der Waals surface area contributed by atoms with E-state index >= 15 is 0 Å². The van der Waals surface area contributed by atoms with Gasteiger partial charge >= 0.3 is 0 Å². The largest absolute Gasteiger partial charge is 0.345 e. The third-order valence-corrected chi connectivity index (χ3v) is 3.69. The Balaban J connectivity index is 1.71. The van der Waals surface area contributed by atoms with Gasteiger partial charge in [0.15, 0.2) is 0 Å². The minimum Gasteiger partial charge on any atom is -0.345 e. The Morgan fingerprint density at radius 3 is 2.67 bits per heavy atom. The molecule has 0 unspecified atom stereocenters. The van der Waals surface area contributed by atoms with Gasteiger partial charge in [-0.05, 0) is 23.8 Å². The lowest BCUT2D eigenvalue weighted by Gasteiger charge is -2.06. The molecule has 0 radical (unpaired) electrons. The predicted molar refractivity (Wildman–Crippen MR) is 97.3 cm³/mol. The molecule has 0 atom stereocenters. The van der Waals surface area contributed by atoms with Crippen LogP contribution in [-0.2, 0) is 17.9 Å². The fourth-order valence-electron chi connectivity index (χ4n) is 2.55. The predicted octanol–water partition coefficient (Wildman–Crippen LogP) is 3.55. The minimum absolute atomic E-state index is 0.143. The molecule has 3 rings (SSSR count). The lowest BCUT2D eigenvalue weighted by molar-refractivity contribution is -0.116. The van der Waals surface area contributed by atoms with Crippen molar-refractivity contribution in [3.05, 3.63) is 84.7 Å². The Kier molecular flexibility index (Phi) is 4.87. The number of amides is 1. The van der Waals surface area contributed by atoms with Crippen molar-refractivity contribution < 1.29 is 4.79 Å². The first-order chi connectivity index (χ1) is 11.8. The van der Waals surface area contributed by atoms with Gasteiger partial charge in [0.25, 0.3) is 0 Å². The number of para-hydroxylation sites is 2. The van der Waals surface area contributed by atoms with E-state index in [-0.39, 0.29) is 5.91 Å². The number of hydrogen-bond donors (Lipinski definition) is 1. The van der Waals surface area contributed by atoms with Crippen LogP contribution in [0.2, 0.25) is 0 Å². The summed E-state index contributed by atoms with van der Waals surface area (Å²) >= 11 is 0. The Morgan fingerprint density at radius 2 is 1.88 bits per heavy atom. The smallest absolute Gasteiger partial charge is 0.244 e. The molecule has 3 aromatic rings. The van der Waals surface area contributed by atoms with Crippen molar-refractivity contribution in [2.75, 3.05) is 0 Å². The van der Waals surface area contributed by atoms with Crippen molar-refractivity contribution in [3.8, 4) is 0 Å². The number of nitrogens with one attached hydrogen (secondary N) is 1. The van der Waals surface area contributed by atoms with Crippen molar-refractivity contribution >= 4 is 23.0 Å². The maximum absolute atomic E-state index is 12.0. The van der Waals surface area contributed by atoms with E-state index < -0.39 is 0 Å². The first-order valence-electron chi connectivity index (χ1n) is 7.84. The topological polar surface area (TPSA) is 46.9 Å². The average Bonchev–Trinajstić information content (AvgIpc) is 2.97. The van der Waals surface area contributed by atoms with Crippen LogP contribution in [0.15, 0.2) is 73.3 Å². The van der Waals surface area contributed by atoms with Crippen LogP contribution in [0.4, 0.5) is 0 Å². The molecule has 0 aliphatic carbocycles. The molecule has 0 saturated carbocycles. The summed E-state index contributed by atoms with van der Waals surface area (Å²) < 4.78 is 2.06. The Labute approximate surface area is 141 Å². The van der Waals surface area contributed by atoms with Gasteiger partial charge in [-0.1, -0.05) is 48.5 Å². The third kappa shape index (κ3) is 3.60. The molecule has 1 amide bonds. The van der Waals surface area contributed by atoms with Gasteiger partial charge < -0.3 is 9.88 Å². The second-order valence-electron chi connectivity index (χ2n) is 5.38. The Hall–Kier alpha value is -3.14. The number of imidazole rings is 1. The molecule has 2 aromatic carbocycles. The zero-order chi connectivity index (χ0) is 16.8. The first kappa shape index (κ1) is 15.7. The highest BCUT2D eigenvalue weighted by Gasteiger charge is 2.09. The van der Waals surface area contributed by atoms with Gasteiger partial charge in [0.1, 0.15) is 5.82 Å². The third-order valence-electron chi connectivity index (χ3n) is 3.69. The molecule has 0 aliphatic heterocycles. The molecular formula is C20H19N3O. The van der Waals surface area contributed by atoms with E-state index in [9.17, 15) is 4.79 Å². The fraction of sp³-hybridized carbons (Fsp3) is 0.100. The van der Waals surface area contributed by atoms with Crippen LogP contribution in [0.5, 0.6) is 0 Å². The molecule has 1 heterocycles. The van der Waals surface area contributed by atoms with Crippen molar-refractivity contribution in [2.24, 2.45) is 0 Å². The van der Waals surface area contributed by atoms with Gasteiger partial charge in [-0.2, -0.15) is 0 Å². The fourth-order valence-corrected chi connectivity index (χ4v) is 2.55. The SMILES string of the molecule is C=CCn1c(CNC(=O)/C=C\c2ccccc2)nc2ccccc21. The summed E-state index contributed by atoms with van der Waals surface area (Å²) in [5, 5.41) is 2.89. The number of aromatic nitrogens is 2. The van der Waals surface area contributed by atoms with Crippen LogP contribution in [0.3, 0.4) is 0 Å². The number of carbonyl (C=O) groups excluding carboxylic acids is 1. The molecule has 0 spiro atoms. The highest BCUT2D eigenvalue weighted by atomic mass is 16.1. The summed E-state index contributed by atoms with van der Waals surface area (Å²) in [4.78, 5) is 16.6. The summed E-state index contributed by atoms with van der Waals surface area (Å²) in [5.41, 5.74) is 2.96. The maximum atomic E-state index is 12.0. The summed E-state index contributed by atoms with van der Waals surface area (Å²) in [6.07, 6.45) is 5.16. The molecule has 4 heteroatoms. The Morgan fingerprint density at radius 1 is 1.12 bits per heavy atom. The summed E-state index contributed by atoms with van der Waals surface area (Å²) in [6.45, 7) is 4.83. The van der Waals surface area contributed by atoms with E-state index in [1.807, 2.05) is 60.7 Å². The quantitative estimate of drug-likeness (QED) is 0.558. The molecule has 1 N–H and O–H groups in total. The normalized spacial score (nSPS) is 11.0. The lowest BCUT2D eigenvalue weighted by Crippen LogP contribution is -2.22. The van der Waals surface area contributed by atoms with Crippen molar-refractivity contribution in [1.82, 2.24) is 14.9 Å². The number of nitrogens with zero attached hydrogens (tertiary/aromatic N) is 2. The lowest BCUT2D eigenvalue weighted by atomic mass is 10.2. The van der Waals surface area contributed by atoms with Crippen LogP contribution < -0.4 is 5.32 Å². The molecule has 4 nitrogen and oxygen atoms in total. The van der Waals surface area contributed by atoms with E-state index in [0.717, 1.165) is 22.4 Å². The van der Waals surface area contributed by atoms with Crippen molar-refractivity contribution in [1.29, 1.82) is 0 Å². The maximum Gasteiger partial charge on any atom is 0.244 e. The van der Waals surface area contributed by atoms with Gasteiger partial charge in [-0.15, -0.1) is 6.58 Å². The zero-order valence-corrected chi connectivity index (χ0v) is 13.4. The minimum atomic E-state index is -0.143. The number of fused-ring (bicyclic) bond motifs is 1. The van der Waals surface area contributed by atoms with Gasteiger partial charge in [0.2, 0.25) is 5.91 Å². The molecular weight excluding hydrogens is 298 g/mol. The van der Waals surface area contributed by atoms with E-state index in [2.05, 4.69) is 21.4 Å². The molecule has 0 fully saturated rings. The summed E-state index contributed by atoms with van der Waals surface area (Å²) in [5.74, 6) is 0.675. The van der Waals surface area contributed by atoms with E-state index in [1.54, 1.807) is 6.08 Å². The van der Waals surface area contributed by atoms with Gasteiger partial charge in [-0.3, -0.25) is 4.79 Å². The highest BCUT2D eigenvalue weighted by molar-refractivity contribution is 5.91. The van der Waals surface area contributed by atoms with Crippen molar-refractivity contribution in [3.63, 3.8) is 0 Å². The molecule has 0 saturated heterocycles. The standard InChI is InChI=1S/C20H19N3O/c1-2-14-23-18-11-7-6-10-17(18)22-19(23)15-21-20(24)13-12-16-8-4-3-5-9-16/h2-13H,1,14-15H2,(H,21,24)/b13-12-. The first-order valence-corrected chi connectivity index (χ1v) is 7.84. The number of allylic oxidation sites excluding steroid dienone is 1. The van der Waals surface area contributed by atoms with E-state index in [4.69, 9.17) is 0 Å². The van der Waals surface area contributed by atoms with E-state index in [0.29, 0.717) is 13.1 Å². The van der Waals surface area contributed by atoms with E-state index in [1.165, 1.54) is 6.08 Å². The summed E-state index contributed by atoms with van der Waals surface area (Å²) in [7, 11) is 0. The van der Waals surface area contributed by atoms with Crippen LogP contribution in [-0.4, -0.2) is 15.5 Å². The second kappa shape index (κ2) is 7.42. The van der Waals surface area contributed by atoms with Crippen molar-refractivity contribution in [2.45, 2.75) is 13.1 Å². The summed E-state index contributed by atoms with van der Waals surface area (Å²) in [6, 6.07) is 17.7. The second-order valence-corrected chi connectivity index (χ2v) is 5.38. The zero-order valence-electron chi connectivity index (χ0n) is 13.4. The van der Waals surface area contributed by atoms with Crippen LogP contribution in [0.25, 0.3) is 17.1 Å². The van der Waals surface area contributed by atoms with Crippen LogP contribution >= 0.6 is 0 Å². The molecule has 0 aliphatic rings. The molecule has 24 heavy (non-hydrogen) atoms. The van der Waals surface area contributed by atoms with Crippen LogP contribution in [0, 0.1) is 0 Å². The van der Waals surface area contributed by atoms with Crippen LogP contribution in [0.1, 0.15) is 11.4 Å². The van der Waals surface area contributed by atoms with Gasteiger partial charge in [-0.25, -0.2) is 4.98 Å². The monoisotopic (exact) mass is 317 g/mol. The van der Waals surface area contributed by atoms with Gasteiger partial charge in [0.05, 0.1) is 17.6 Å². The number of hydrogen-bond acceptors (Lipinski definition) is 2. The number of rotatable bonds is 6. The Bertz CT molecular complexity index is 878. The molecule has 120 valence electrons. The molecule has 0 bridgehead atoms. The number of benzene rings is 2. The number of carbonyl (C=O) groups is 1.